The highest BCUT2D eigenvalue weighted by Gasteiger charge is 2.28. The Morgan fingerprint density at radius 1 is 1.25 bits per heavy atom. The lowest BCUT2D eigenvalue weighted by Gasteiger charge is -2.06. The van der Waals surface area contributed by atoms with Crippen LogP contribution in [0.2, 0.25) is 0 Å². The Morgan fingerprint density at radius 2 is 2.04 bits per heavy atom. The molecule has 7 nitrogen and oxygen atoms in total. The summed E-state index contributed by atoms with van der Waals surface area (Å²) in [6.07, 6.45) is 1.55. The minimum atomic E-state index is -0.535. The SMILES string of the molecule is CCC(=O)c1ccc[n+](O)c1C(=O)NCc1ccc2c(c1)OCO2. The summed E-state index contributed by atoms with van der Waals surface area (Å²) >= 11 is 0. The third-order valence-corrected chi connectivity index (χ3v) is 3.70. The second-order valence-electron chi connectivity index (χ2n) is 5.26. The summed E-state index contributed by atoms with van der Waals surface area (Å²) < 4.78 is 11.2. The molecule has 0 radical (unpaired) electrons. The van der Waals surface area contributed by atoms with Gasteiger partial charge in [0.05, 0.1) is 0 Å². The van der Waals surface area contributed by atoms with Gasteiger partial charge in [-0.25, -0.2) is 0 Å². The third kappa shape index (κ3) is 3.01. The van der Waals surface area contributed by atoms with Crippen molar-refractivity contribution in [3.63, 3.8) is 0 Å². The molecule has 2 aromatic rings. The van der Waals surface area contributed by atoms with Gasteiger partial charge in [-0.1, -0.05) is 13.0 Å². The van der Waals surface area contributed by atoms with E-state index in [0.29, 0.717) is 16.2 Å². The maximum atomic E-state index is 12.4. The topological polar surface area (TPSA) is 88.7 Å². The van der Waals surface area contributed by atoms with E-state index < -0.39 is 5.91 Å². The standard InChI is InChI=1S/C17H16N2O5/c1-2-13(20)12-4-3-7-19(22)16(12)17(21)18-9-11-5-6-14-15(8-11)24-10-23-14/h3-8H,2,9-10H2,1H3,(H-,18,21,22)/p+1. The molecule has 3 rings (SSSR count). The van der Waals surface area contributed by atoms with Crippen molar-refractivity contribution in [2.24, 2.45) is 0 Å². The first-order chi connectivity index (χ1) is 11.6. The molecule has 0 aliphatic carbocycles. The Balaban J connectivity index is 1.77. The number of rotatable bonds is 5. The van der Waals surface area contributed by atoms with Crippen molar-refractivity contribution in [3.8, 4) is 11.5 Å². The summed E-state index contributed by atoms with van der Waals surface area (Å²) in [6, 6.07) is 8.39. The van der Waals surface area contributed by atoms with E-state index in [2.05, 4.69) is 5.32 Å². The predicted molar refractivity (Wildman–Crippen MR) is 82.2 cm³/mol. The number of hydrogen-bond donors (Lipinski definition) is 2. The van der Waals surface area contributed by atoms with Crippen LogP contribution in [0, 0.1) is 0 Å². The lowest BCUT2D eigenvalue weighted by atomic mass is 10.1. The van der Waals surface area contributed by atoms with E-state index in [1.54, 1.807) is 19.1 Å². The van der Waals surface area contributed by atoms with Gasteiger partial charge in [0.25, 0.3) is 0 Å². The molecule has 0 atom stereocenters. The molecule has 0 fully saturated rings. The normalized spacial score (nSPS) is 12.0. The van der Waals surface area contributed by atoms with Crippen LogP contribution < -0.4 is 19.5 Å². The predicted octanol–water partition coefficient (Wildman–Crippen LogP) is 1.46. The highest BCUT2D eigenvalue weighted by Crippen LogP contribution is 2.32. The number of Topliss-reactive ketones (excluding diaryl/α,β-unsaturated/α-hetero) is 1. The monoisotopic (exact) mass is 329 g/mol. The van der Waals surface area contributed by atoms with Crippen molar-refractivity contribution < 1.29 is 29.0 Å². The second-order valence-corrected chi connectivity index (χ2v) is 5.26. The molecule has 124 valence electrons. The first-order valence-electron chi connectivity index (χ1n) is 7.54. The van der Waals surface area contributed by atoms with Crippen molar-refractivity contribution in [2.45, 2.75) is 19.9 Å². The van der Waals surface area contributed by atoms with Gasteiger partial charge in [0, 0.05) is 23.8 Å². The van der Waals surface area contributed by atoms with Gasteiger partial charge in [-0.3, -0.25) is 14.8 Å². The van der Waals surface area contributed by atoms with Gasteiger partial charge in [0.2, 0.25) is 13.0 Å². The van der Waals surface area contributed by atoms with E-state index in [0.717, 1.165) is 5.56 Å². The zero-order chi connectivity index (χ0) is 17.1. The van der Waals surface area contributed by atoms with Gasteiger partial charge >= 0.3 is 11.6 Å². The molecule has 0 bridgehead atoms. The Morgan fingerprint density at radius 3 is 2.83 bits per heavy atom. The molecule has 2 heterocycles. The highest BCUT2D eigenvalue weighted by atomic mass is 16.7. The molecule has 1 amide bonds. The van der Waals surface area contributed by atoms with Gasteiger partial charge in [0.15, 0.2) is 17.3 Å². The molecular weight excluding hydrogens is 312 g/mol. The minimum Gasteiger partial charge on any atom is -0.454 e. The number of ether oxygens (including phenoxy) is 2. The summed E-state index contributed by atoms with van der Waals surface area (Å²) in [4.78, 5) is 24.4. The van der Waals surface area contributed by atoms with Crippen LogP contribution in [0.4, 0.5) is 0 Å². The molecule has 0 saturated heterocycles. The maximum Gasteiger partial charge on any atom is 0.332 e. The van der Waals surface area contributed by atoms with E-state index in [-0.39, 0.29) is 36.8 Å². The lowest BCUT2D eigenvalue weighted by molar-refractivity contribution is -0.905. The Kier molecular flexibility index (Phi) is 4.33. The van der Waals surface area contributed by atoms with Crippen LogP contribution in [-0.4, -0.2) is 23.7 Å². The van der Waals surface area contributed by atoms with Crippen LogP contribution in [0.3, 0.4) is 0 Å². The van der Waals surface area contributed by atoms with Gasteiger partial charge in [-0.2, -0.15) is 0 Å². The van der Waals surface area contributed by atoms with E-state index >= 15 is 0 Å². The molecule has 7 heteroatoms. The average Bonchev–Trinajstić information content (AvgIpc) is 3.06. The van der Waals surface area contributed by atoms with Crippen molar-refractivity contribution in [1.29, 1.82) is 0 Å². The van der Waals surface area contributed by atoms with Crippen LogP contribution in [0.25, 0.3) is 0 Å². The molecule has 24 heavy (non-hydrogen) atoms. The number of benzene rings is 1. The number of hydrogen-bond acceptors (Lipinski definition) is 5. The summed E-state index contributed by atoms with van der Waals surface area (Å²) in [5.74, 6) is 0.539. The van der Waals surface area contributed by atoms with Crippen LogP contribution in [-0.2, 0) is 6.54 Å². The fraction of sp³-hybridized carbons (Fsp3) is 0.235. The Labute approximate surface area is 138 Å². The van der Waals surface area contributed by atoms with Gasteiger partial charge < -0.3 is 14.8 Å². The largest absolute Gasteiger partial charge is 0.454 e. The van der Waals surface area contributed by atoms with Crippen molar-refractivity contribution in [2.75, 3.05) is 6.79 Å². The molecule has 1 aliphatic heterocycles. The molecule has 0 saturated carbocycles. The first kappa shape index (κ1) is 15.8. The zero-order valence-corrected chi connectivity index (χ0v) is 13.1. The second kappa shape index (κ2) is 6.57. The molecule has 1 aromatic carbocycles. The fourth-order valence-electron chi connectivity index (χ4n) is 2.46. The number of nitrogens with one attached hydrogen (secondary N) is 1. The van der Waals surface area contributed by atoms with Crippen molar-refractivity contribution >= 4 is 11.7 Å². The van der Waals surface area contributed by atoms with E-state index in [4.69, 9.17) is 9.47 Å². The molecule has 0 spiro atoms. The Hall–Kier alpha value is -3.09. The number of fused-ring (bicyclic) bond motifs is 1. The van der Waals surface area contributed by atoms with E-state index in [1.807, 2.05) is 6.07 Å². The third-order valence-electron chi connectivity index (χ3n) is 3.70. The molecule has 2 N–H and O–H groups in total. The molecule has 1 aliphatic rings. The lowest BCUT2D eigenvalue weighted by Crippen LogP contribution is -2.43. The van der Waals surface area contributed by atoms with Crippen LogP contribution in [0.5, 0.6) is 11.5 Å². The quantitative estimate of drug-likeness (QED) is 0.492. The first-order valence-corrected chi connectivity index (χ1v) is 7.54. The van der Waals surface area contributed by atoms with Crippen LogP contribution in [0.15, 0.2) is 36.5 Å². The number of amides is 1. The fourth-order valence-corrected chi connectivity index (χ4v) is 2.46. The average molecular weight is 329 g/mol. The van der Waals surface area contributed by atoms with Crippen LogP contribution in [0.1, 0.15) is 39.8 Å². The van der Waals surface area contributed by atoms with Crippen molar-refractivity contribution in [1.82, 2.24) is 5.32 Å². The van der Waals surface area contributed by atoms with E-state index in [9.17, 15) is 14.8 Å². The summed E-state index contributed by atoms with van der Waals surface area (Å²) in [5.41, 5.74) is 0.923. The van der Waals surface area contributed by atoms with Gasteiger partial charge in [-0.05, 0) is 23.8 Å². The number of carbonyl (C=O) groups excluding carboxylic acids is 2. The Bertz CT molecular complexity index is 804. The zero-order valence-electron chi connectivity index (χ0n) is 13.1. The summed E-state index contributed by atoms with van der Waals surface area (Å²) in [5, 5.41) is 12.6. The summed E-state index contributed by atoms with van der Waals surface area (Å²) in [7, 11) is 0. The maximum absolute atomic E-state index is 12.4. The number of ketones is 1. The molecule has 0 unspecified atom stereocenters. The van der Waals surface area contributed by atoms with Crippen molar-refractivity contribution in [3.05, 3.63) is 53.3 Å². The molecular formula is C17H17N2O5+. The molecule has 1 aromatic heterocycles. The van der Waals surface area contributed by atoms with E-state index in [1.165, 1.54) is 18.3 Å². The smallest absolute Gasteiger partial charge is 0.332 e. The minimum absolute atomic E-state index is 0.0786. The van der Waals surface area contributed by atoms with Gasteiger partial charge in [-0.15, -0.1) is 0 Å². The number of nitrogens with zero attached hydrogens (tertiary/aromatic N) is 1. The number of carbonyl (C=O) groups is 2. The van der Waals surface area contributed by atoms with Crippen LogP contribution >= 0.6 is 0 Å². The number of pyridine rings is 1. The highest BCUT2D eigenvalue weighted by molar-refractivity contribution is 6.05. The van der Waals surface area contributed by atoms with Gasteiger partial charge in [0.1, 0.15) is 5.56 Å². The summed E-state index contributed by atoms with van der Waals surface area (Å²) in [6.45, 7) is 2.11. The number of aromatic nitrogens is 1.